The molecule has 2 nitrogen and oxygen atoms in total. The van der Waals surface area contributed by atoms with E-state index in [2.05, 4.69) is 37.2 Å². The smallest absolute Gasteiger partial charge is 0.0335 e. The van der Waals surface area contributed by atoms with Crippen LogP contribution in [0.2, 0.25) is 0 Å². The molecule has 1 saturated heterocycles. The Bertz CT molecular complexity index is 253. The third-order valence-corrected chi connectivity index (χ3v) is 5.28. The van der Waals surface area contributed by atoms with E-state index < -0.39 is 0 Å². The Kier molecular flexibility index (Phi) is 4.43. The van der Waals surface area contributed by atoms with Gasteiger partial charge >= 0.3 is 0 Å². The van der Waals surface area contributed by atoms with Crippen LogP contribution in [0.1, 0.15) is 33.6 Å². The summed E-state index contributed by atoms with van der Waals surface area (Å²) in [5.41, 5.74) is 0.432. The Morgan fingerprint density at radius 3 is 2.65 bits per heavy atom. The van der Waals surface area contributed by atoms with Gasteiger partial charge in [0.05, 0.1) is 0 Å². The first-order chi connectivity index (χ1) is 8.08. The minimum Gasteiger partial charge on any atom is -0.311 e. The van der Waals surface area contributed by atoms with Crippen molar-refractivity contribution >= 4 is 11.8 Å². The lowest BCUT2D eigenvalue weighted by molar-refractivity contribution is 0.0312. The molecule has 0 spiro atoms. The maximum absolute atomic E-state index is 3.79. The fraction of sp³-hybridized carbons (Fsp3) is 1.00. The quantitative estimate of drug-likeness (QED) is 0.813. The van der Waals surface area contributed by atoms with E-state index >= 15 is 0 Å². The number of nitrogens with one attached hydrogen (secondary N) is 1. The largest absolute Gasteiger partial charge is 0.311 e. The third-order valence-electron chi connectivity index (χ3n) is 4.69. The molecule has 0 aromatic carbocycles. The van der Waals surface area contributed by atoms with Crippen molar-refractivity contribution < 1.29 is 0 Å². The first kappa shape index (κ1) is 13.7. The van der Waals surface area contributed by atoms with Gasteiger partial charge in [-0.05, 0) is 37.9 Å². The zero-order valence-corrected chi connectivity index (χ0v) is 12.6. The maximum atomic E-state index is 3.79. The Morgan fingerprint density at radius 1 is 1.41 bits per heavy atom. The first-order valence-electron chi connectivity index (χ1n) is 7.05. The van der Waals surface area contributed by atoms with Gasteiger partial charge in [0.2, 0.25) is 0 Å². The average molecular weight is 256 g/mol. The van der Waals surface area contributed by atoms with Gasteiger partial charge < -0.3 is 5.32 Å². The molecule has 17 heavy (non-hydrogen) atoms. The van der Waals surface area contributed by atoms with Crippen molar-refractivity contribution in [2.45, 2.75) is 45.2 Å². The van der Waals surface area contributed by atoms with Gasteiger partial charge in [-0.25, -0.2) is 0 Å². The van der Waals surface area contributed by atoms with Crippen LogP contribution in [0.5, 0.6) is 0 Å². The second kappa shape index (κ2) is 5.50. The molecule has 0 aromatic heterocycles. The Hall–Kier alpha value is 0.270. The molecule has 1 N–H and O–H groups in total. The average Bonchev–Trinajstić information content (AvgIpc) is 3.11. The van der Waals surface area contributed by atoms with Crippen LogP contribution >= 0.6 is 11.8 Å². The highest BCUT2D eigenvalue weighted by Crippen LogP contribution is 2.44. The van der Waals surface area contributed by atoms with E-state index in [1.165, 1.54) is 38.2 Å². The van der Waals surface area contributed by atoms with Gasteiger partial charge in [0.1, 0.15) is 0 Å². The van der Waals surface area contributed by atoms with Crippen LogP contribution in [0.4, 0.5) is 0 Å². The number of thioether (sulfide) groups is 1. The molecule has 2 unspecified atom stereocenters. The lowest BCUT2D eigenvalue weighted by Crippen LogP contribution is -2.65. The van der Waals surface area contributed by atoms with E-state index in [-0.39, 0.29) is 0 Å². The minimum absolute atomic E-state index is 0.432. The molecule has 1 aliphatic heterocycles. The summed E-state index contributed by atoms with van der Waals surface area (Å²) in [6, 6.07) is 0.684. The zero-order chi connectivity index (χ0) is 12.5. The molecule has 2 aliphatic rings. The van der Waals surface area contributed by atoms with Gasteiger partial charge in [-0.2, -0.15) is 11.8 Å². The van der Waals surface area contributed by atoms with E-state index in [0.717, 1.165) is 11.8 Å². The molecule has 100 valence electrons. The molecule has 1 aliphatic carbocycles. The van der Waals surface area contributed by atoms with E-state index in [0.29, 0.717) is 11.6 Å². The Balaban J connectivity index is 2.01. The van der Waals surface area contributed by atoms with Gasteiger partial charge in [0.15, 0.2) is 0 Å². The Morgan fingerprint density at radius 2 is 2.12 bits per heavy atom. The number of nitrogens with zero attached hydrogens (tertiary/aromatic N) is 1. The topological polar surface area (TPSA) is 15.3 Å². The molecular weight excluding hydrogens is 228 g/mol. The number of hydrogen-bond acceptors (Lipinski definition) is 3. The van der Waals surface area contributed by atoms with E-state index in [4.69, 9.17) is 0 Å². The summed E-state index contributed by atoms with van der Waals surface area (Å²) in [6.45, 7) is 10.8. The third kappa shape index (κ3) is 2.99. The summed E-state index contributed by atoms with van der Waals surface area (Å²) in [4.78, 5) is 2.78. The van der Waals surface area contributed by atoms with Crippen LogP contribution in [-0.2, 0) is 0 Å². The van der Waals surface area contributed by atoms with E-state index in [1.807, 2.05) is 11.8 Å². The predicted octanol–water partition coefficient (Wildman–Crippen LogP) is 2.45. The van der Waals surface area contributed by atoms with Crippen molar-refractivity contribution in [3.63, 3.8) is 0 Å². The fourth-order valence-electron chi connectivity index (χ4n) is 3.06. The molecule has 2 rings (SSSR count). The zero-order valence-electron chi connectivity index (χ0n) is 11.8. The fourth-order valence-corrected chi connectivity index (χ4v) is 3.47. The molecule has 0 aromatic rings. The van der Waals surface area contributed by atoms with E-state index in [1.54, 1.807) is 0 Å². The molecule has 2 fully saturated rings. The molecule has 0 bridgehead atoms. The summed E-state index contributed by atoms with van der Waals surface area (Å²) in [5.74, 6) is 2.97. The van der Waals surface area contributed by atoms with Crippen molar-refractivity contribution in [1.29, 1.82) is 0 Å². The van der Waals surface area contributed by atoms with Crippen molar-refractivity contribution in [1.82, 2.24) is 10.2 Å². The van der Waals surface area contributed by atoms with Crippen LogP contribution in [0.25, 0.3) is 0 Å². The molecular formula is C14H28N2S. The number of hydrogen-bond donors (Lipinski definition) is 1. The van der Waals surface area contributed by atoms with Gasteiger partial charge in [-0.3, -0.25) is 4.90 Å². The van der Waals surface area contributed by atoms with Crippen molar-refractivity contribution in [2.24, 2.45) is 11.8 Å². The predicted molar refractivity (Wildman–Crippen MR) is 77.7 cm³/mol. The Labute approximate surface area is 111 Å². The van der Waals surface area contributed by atoms with Crippen molar-refractivity contribution in [2.75, 3.05) is 31.6 Å². The van der Waals surface area contributed by atoms with Crippen LogP contribution in [0.15, 0.2) is 0 Å². The number of rotatable bonds is 5. The SMILES string of the molecule is CSCCN1CC(C(C)C)NCC1(C)C1CC1. The summed E-state index contributed by atoms with van der Waals surface area (Å²) in [7, 11) is 0. The summed E-state index contributed by atoms with van der Waals surface area (Å²) in [6.07, 6.45) is 5.11. The highest BCUT2D eigenvalue weighted by Gasteiger charge is 2.48. The summed E-state index contributed by atoms with van der Waals surface area (Å²) < 4.78 is 0. The van der Waals surface area contributed by atoms with Gasteiger partial charge in [0.25, 0.3) is 0 Å². The first-order valence-corrected chi connectivity index (χ1v) is 8.44. The normalized spacial score (nSPS) is 35.5. The maximum Gasteiger partial charge on any atom is 0.0335 e. The van der Waals surface area contributed by atoms with Crippen LogP contribution in [0, 0.1) is 11.8 Å². The lowest BCUT2D eigenvalue weighted by Gasteiger charge is -2.49. The highest BCUT2D eigenvalue weighted by molar-refractivity contribution is 7.98. The molecule has 3 heteroatoms. The van der Waals surface area contributed by atoms with Gasteiger partial charge in [-0.15, -0.1) is 0 Å². The molecule has 1 heterocycles. The van der Waals surface area contributed by atoms with Crippen molar-refractivity contribution in [3.05, 3.63) is 0 Å². The molecule has 2 atom stereocenters. The van der Waals surface area contributed by atoms with Crippen LogP contribution < -0.4 is 5.32 Å². The summed E-state index contributed by atoms with van der Waals surface area (Å²) in [5, 5.41) is 3.79. The van der Waals surface area contributed by atoms with Gasteiger partial charge in [0, 0.05) is 37.0 Å². The monoisotopic (exact) mass is 256 g/mol. The van der Waals surface area contributed by atoms with E-state index in [9.17, 15) is 0 Å². The summed E-state index contributed by atoms with van der Waals surface area (Å²) >= 11 is 1.98. The molecule has 0 radical (unpaired) electrons. The molecule has 0 amide bonds. The minimum atomic E-state index is 0.432. The lowest BCUT2D eigenvalue weighted by atomic mass is 9.87. The second-order valence-electron chi connectivity index (χ2n) is 6.30. The molecule has 1 saturated carbocycles. The van der Waals surface area contributed by atoms with Crippen LogP contribution in [-0.4, -0.2) is 48.1 Å². The second-order valence-corrected chi connectivity index (χ2v) is 7.29. The van der Waals surface area contributed by atoms with Gasteiger partial charge in [-0.1, -0.05) is 13.8 Å². The number of piperazine rings is 1. The van der Waals surface area contributed by atoms with Crippen molar-refractivity contribution in [3.8, 4) is 0 Å². The van der Waals surface area contributed by atoms with Crippen LogP contribution in [0.3, 0.4) is 0 Å². The standard InChI is InChI=1S/C14H28N2S/c1-11(2)13-9-16(7-8-17-4)14(3,10-15-13)12-5-6-12/h11-13,15H,5-10H2,1-4H3. The highest BCUT2D eigenvalue weighted by atomic mass is 32.2.